The highest BCUT2D eigenvalue weighted by molar-refractivity contribution is 6.33. The van der Waals surface area contributed by atoms with Crippen LogP contribution in [-0.4, -0.2) is 48.1 Å². The third-order valence-corrected chi connectivity index (χ3v) is 6.23. The highest BCUT2D eigenvalue weighted by Crippen LogP contribution is 2.34. The predicted molar refractivity (Wildman–Crippen MR) is 134 cm³/mol. The number of methoxy groups -OCH3 is 1. The Hall–Kier alpha value is -3.35. The van der Waals surface area contributed by atoms with E-state index in [9.17, 15) is 9.59 Å². The zero-order valence-corrected chi connectivity index (χ0v) is 20.3. The summed E-state index contributed by atoms with van der Waals surface area (Å²) in [5.74, 6) is 0.0667. The number of rotatable bonds is 6. The van der Waals surface area contributed by atoms with E-state index in [4.69, 9.17) is 27.9 Å². The topological polar surface area (TPSA) is 62.2 Å². The van der Waals surface area contributed by atoms with E-state index in [0.29, 0.717) is 27.8 Å². The molecule has 0 spiro atoms. The van der Waals surface area contributed by atoms with Crippen molar-refractivity contribution < 1.29 is 14.3 Å². The molecule has 0 unspecified atom stereocenters. The first kappa shape index (κ1) is 23.8. The van der Waals surface area contributed by atoms with E-state index in [1.807, 2.05) is 36.4 Å². The molecular weight excluding hydrogens is 473 g/mol. The smallest absolute Gasteiger partial charge is 0.262 e. The lowest BCUT2D eigenvalue weighted by atomic mass is 9.98. The number of hydrogen-bond donors (Lipinski definition) is 0. The number of amides is 2. The monoisotopic (exact) mass is 495 g/mol. The maximum atomic E-state index is 13.4. The number of carbonyl (C=O) groups excluding carboxylic acids is 2. The largest absolute Gasteiger partial charge is 0.497 e. The van der Waals surface area contributed by atoms with Crippen LogP contribution in [0.3, 0.4) is 0 Å². The number of nitrogens with zero attached hydrogens (tertiary/aromatic N) is 3. The van der Waals surface area contributed by atoms with E-state index < -0.39 is 0 Å². The third-order valence-electron chi connectivity index (χ3n) is 5.65. The number of carbonyl (C=O) groups is 2. The third kappa shape index (κ3) is 5.08. The Bertz CT molecular complexity index is 1240. The lowest BCUT2D eigenvalue weighted by Gasteiger charge is -2.25. The second-order valence-electron chi connectivity index (χ2n) is 7.93. The van der Waals surface area contributed by atoms with Crippen LogP contribution in [-0.2, 0) is 4.79 Å². The van der Waals surface area contributed by atoms with Crippen LogP contribution in [0.4, 0.5) is 0 Å². The zero-order valence-electron chi connectivity index (χ0n) is 18.7. The summed E-state index contributed by atoms with van der Waals surface area (Å²) in [6.45, 7) is -0.150. The lowest BCUT2D eigenvalue weighted by molar-refractivity contribution is -0.133. The van der Waals surface area contributed by atoms with Gasteiger partial charge < -0.3 is 9.64 Å². The fourth-order valence-corrected chi connectivity index (χ4v) is 4.19. The number of ether oxygens (including phenoxy) is 1. The average molecular weight is 496 g/mol. The fourth-order valence-electron chi connectivity index (χ4n) is 3.85. The van der Waals surface area contributed by atoms with Crippen molar-refractivity contribution in [2.75, 3.05) is 20.7 Å². The summed E-state index contributed by atoms with van der Waals surface area (Å²) in [4.78, 5) is 27.6. The molecule has 2 amide bonds. The van der Waals surface area contributed by atoms with E-state index in [0.717, 1.165) is 16.8 Å². The van der Waals surface area contributed by atoms with E-state index in [2.05, 4.69) is 5.10 Å². The van der Waals surface area contributed by atoms with E-state index in [1.165, 1.54) is 9.91 Å². The Kier molecular flexibility index (Phi) is 7.20. The van der Waals surface area contributed by atoms with Crippen LogP contribution in [0, 0.1) is 0 Å². The van der Waals surface area contributed by atoms with Crippen molar-refractivity contribution in [3.05, 3.63) is 99.5 Å². The molecule has 3 aromatic rings. The van der Waals surface area contributed by atoms with Crippen LogP contribution in [0.1, 0.15) is 33.9 Å². The summed E-state index contributed by atoms with van der Waals surface area (Å²) in [5.41, 5.74) is 2.87. The van der Waals surface area contributed by atoms with Crippen molar-refractivity contribution in [1.29, 1.82) is 0 Å². The second-order valence-corrected chi connectivity index (χ2v) is 8.77. The van der Waals surface area contributed by atoms with Gasteiger partial charge in [-0.25, -0.2) is 5.01 Å². The van der Waals surface area contributed by atoms with Crippen LogP contribution >= 0.6 is 23.2 Å². The first-order valence-corrected chi connectivity index (χ1v) is 11.4. The van der Waals surface area contributed by atoms with Crippen LogP contribution in [0.2, 0.25) is 10.0 Å². The summed E-state index contributed by atoms with van der Waals surface area (Å²) >= 11 is 12.2. The van der Waals surface area contributed by atoms with Crippen molar-refractivity contribution in [2.45, 2.75) is 12.5 Å². The molecule has 0 N–H and O–H groups in total. The van der Waals surface area contributed by atoms with Crippen molar-refractivity contribution in [3.8, 4) is 5.75 Å². The molecule has 174 valence electrons. The standard InChI is InChI=1S/C26H23Cl2N3O3/c1-30(26(33)21-8-3-4-9-22(21)28)16-25(32)31-24(17-10-12-19(27)13-11-17)15-23(29-31)18-6-5-7-20(14-18)34-2/h3-14,24H,15-16H2,1-2H3/t24-/m0/s1. The second kappa shape index (κ2) is 10.3. The minimum atomic E-state index is -0.335. The normalized spacial score (nSPS) is 15.1. The highest BCUT2D eigenvalue weighted by Gasteiger charge is 2.34. The molecule has 0 aliphatic carbocycles. The summed E-state index contributed by atoms with van der Waals surface area (Å²) in [6, 6.07) is 21.3. The predicted octanol–water partition coefficient (Wildman–Crippen LogP) is 5.45. The molecule has 4 rings (SSSR count). The van der Waals surface area contributed by atoms with Gasteiger partial charge in [0.15, 0.2) is 0 Å². The van der Waals surface area contributed by atoms with Crippen molar-refractivity contribution in [3.63, 3.8) is 0 Å². The molecule has 0 saturated heterocycles. The average Bonchev–Trinajstić information content (AvgIpc) is 3.30. The quantitative estimate of drug-likeness (QED) is 0.456. The van der Waals surface area contributed by atoms with Gasteiger partial charge in [0.05, 0.1) is 29.4 Å². The Morgan fingerprint density at radius 2 is 1.79 bits per heavy atom. The minimum Gasteiger partial charge on any atom is -0.497 e. The molecule has 1 atom stereocenters. The van der Waals surface area contributed by atoms with Gasteiger partial charge in [-0.2, -0.15) is 5.10 Å². The summed E-state index contributed by atoms with van der Waals surface area (Å²) in [6.07, 6.45) is 0.517. The molecule has 0 radical (unpaired) electrons. The van der Waals surface area contributed by atoms with Crippen LogP contribution in [0.5, 0.6) is 5.75 Å². The number of halogens is 2. The van der Waals surface area contributed by atoms with Crippen molar-refractivity contribution >= 4 is 40.7 Å². The zero-order chi connectivity index (χ0) is 24.2. The maximum Gasteiger partial charge on any atom is 0.262 e. The van der Waals surface area contributed by atoms with E-state index >= 15 is 0 Å². The molecule has 6 nitrogen and oxygen atoms in total. The Morgan fingerprint density at radius 1 is 1.06 bits per heavy atom. The first-order chi connectivity index (χ1) is 16.4. The molecule has 3 aromatic carbocycles. The molecule has 0 aromatic heterocycles. The van der Waals surface area contributed by atoms with Crippen LogP contribution in [0.25, 0.3) is 0 Å². The Labute approximate surface area is 208 Å². The van der Waals surface area contributed by atoms with Crippen LogP contribution < -0.4 is 4.74 Å². The highest BCUT2D eigenvalue weighted by atomic mass is 35.5. The molecule has 1 aliphatic heterocycles. The number of hydrogen-bond acceptors (Lipinski definition) is 4. The molecule has 1 heterocycles. The molecule has 34 heavy (non-hydrogen) atoms. The van der Waals surface area contributed by atoms with Gasteiger partial charge in [0, 0.05) is 24.1 Å². The lowest BCUT2D eigenvalue weighted by Crippen LogP contribution is -2.39. The summed E-state index contributed by atoms with van der Waals surface area (Å²) < 4.78 is 5.34. The van der Waals surface area contributed by atoms with Gasteiger partial charge in [0.1, 0.15) is 12.3 Å². The molecule has 1 aliphatic rings. The van der Waals surface area contributed by atoms with Gasteiger partial charge in [-0.3, -0.25) is 9.59 Å². The molecule has 8 heteroatoms. The molecular formula is C26H23Cl2N3O3. The number of benzene rings is 3. The van der Waals surface area contributed by atoms with Crippen molar-refractivity contribution in [1.82, 2.24) is 9.91 Å². The number of hydrazone groups is 1. The fraction of sp³-hybridized carbons (Fsp3) is 0.192. The number of likely N-dealkylation sites (N-methyl/N-ethyl adjacent to an activating group) is 1. The van der Waals surface area contributed by atoms with Gasteiger partial charge in [-0.05, 0) is 42.0 Å². The van der Waals surface area contributed by atoms with Gasteiger partial charge in [0.2, 0.25) is 0 Å². The summed E-state index contributed by atoms with van der Waals surface area (Å²) in [5, 5.41) is 7.07. The molecule has 0 bridgehead atoms. The first-order valence-electron chi connectivity index (χ1n) is 10.7. The van der Waals surface area contributed by atoms with Crippen LogP contribution in [0.15, 0.2) is 77.9 Å². The van der Waals surface area contributed by atoms with Gasteiger partial charge >= 0.3 is 0 Å². The van der Waals surface area contributed by atoms with Crippen molar-refractivity contribution in [2.24, 2.45) is 5.10 Å². The minimum absolute atomic E-state index is 0.150. The van der Waals surface area contributed by atoms with E-state index in [1.54, 1.807) is 50.6 Å². The molecule has 0 fully saturated rings. The van der Waals surface area contributed by atoms with Gasteiger partial charge in [0.25, 0.3) is 11.8 Å². The SMILES string of the molecule is COc1cccc(C2=NN(C(=O)CN(C)C(=O)c3ccccc3Cl)[C@H](c3ccc(Cl)cc3)C2)c1. The van der Waals surface area contributed by atoms with E-state index in [-0.39, 0.29) is 24.4 Å². The van der Waals surface area contributed by atoms with Gasteiger partial charge in [-0.15, -0.1) is 0 Å². The Morgan fingerprint density at radius 3 is 2.50 bits per heavy atom. The summed E-state index contributed by atoms with van der Waals surface area (Å²) in [7, 11) is 3.18. The maximum absolute atomic E-state index is 13.4. The van der Waals surface area contributed by atoms with Gasteiger partial charge in [-0.1, -0.05) is 59.6 Å². The molecule has 0 saturated carbocycles. The Balaban J connectivity index is 1.61.